The van der Waals surface area contributed by atoms with E-state index < -0.39 is 7.75 Å². The first-order valence-electron chi connectivity index (χ1n) is 5.99. The molecule has 18 heavy (non-hydrogen) atoms. The van der Waals surface area contributed by atoms with Crippen molar-refractivity contribution in [3.63, 3.8) is 0 Å². The molecule has 0 amide bonds. The van der Waals surface area contributed by atoms with Crippen molar-refractivity contribution in [3.8, 4) is 0 Å². The molecule has 0 aliphatic heterocycles. The zero-order valence-electron chi connectivity index (χ0n) is 12.5. The summed E-state index contributed by atoms with van der Waals surface area (Å²) in [5, 5.41) is 2.66. The summed E-state index contributed by atoms with van der Waals surface area (Å²) in [6.45, 7) is 4.02. The van der Waals surface area contributed by atoms with E-state index in [1.807, 2.05) is 0 Å². The molecule has 7 nitrogen and oxygen atoms in total. The van der Waals surface area contributed by atoms with E-state index in [0.29, 0.717) is 32.8 Å². The van der Waals surface area contributed by atoms with E-state index in [4.69, 9.17) is 20.6 Å². The van der Waals surface area contributed by atoms with Crippen LogP contribution >= 0.6 is 7.75 Å². The Kier molecular flexibility index (Phi) is 17.0. The predicted molar refractivity (Wildman–Crippen MR) is 69.4 cm³/mol. The smallest absolute Gasteiger partial charge is 1.00 e. The van der Waals surface area contributed by atoms with Gasteiger partial charge >= 0.3 is 37.3 Å². The molecule has 0 spiro atoms. The fourth-order valence-electron chi connectivity index (χ4n) is 1.03. The van der Waals surface area contributed by atoms with Crippen LogP contribution in [0.25, 0.3) is 0 Å². The summed E-state index contributed by atoms with van der Waals surface area (Å²) in [6, 6.07) is 0. The first-order valence-corrected chi connectivity index (χ1v) is 7.54. The number of hydrogen-bond donors (Lipinski definition) is 4. The second-order valence-electron chi connectivity index (χ2n) is 3.51. The van der Waals surface area contributed by atoms with E-state index in [9.17, 15) is 4.57 Å². The van der Waals surface area contributed by atoms with E-state index in [0.717, 1.165) is 19.3 Å². The number of rotatable bonds is 12. The van der Waals surface area contributed by atoms with E-state index in [-0.39, 0.29) is 31.0 Å². The normalized spacial score (nSPS) is 13.9. The Bertz CT molecular complexity index is 230. The van der Waals surface area contributed by atoms with Gasteiger partial charge in [-0.05, 0) is 6.42 Å². The van der Waals surface area contributed by atoms with Crippen LogP contribution in [0.15, 0.2) is 0 Å². The van der Waals surface area contributed by atoms with E-state index in [1.165, 1.54) is 0 Å². The molecule has 0 saturated heterocycles. The Morgan fingerprint density at radius 2 is 1.89 bits per heavy atom. The van der Waals surface area contributed by atoms with Crippen molar-refractivity contribution in [2.24, 2.45) is 11.5 Å². The molecule has 0 radical (unpaired) electrons. The Morgan fingerprint density at radius 3 is 2.44 bits per heavy atom. The third-order valence-electron chi connectivity index (χ3n) is 1.89. The predicted octanol–water partition coefficient (Wildman–Crippen LogP) is -2.55. The van der Waals surface area contributed by atoms with Gasteiger partial charge < -0.3 is 12.9 Å². The first-order chi connectivity index (χ1) is 8.18. The molecule has 0 fully saturated rings. The van der Waals surface area contributed by atoms with Crippen molar-refractivity contribution >= 4 is 7.75 Å². The second-order valence-corrected chi connectivity index (χ2v) is 5.26. The molecule has 0 aromatic carbocycles. The van der Waals surface area contributed by atoms with Gasteiger partial charge in [0, 0.05) is 26.2 Å². The molecule has 0 bridgehead atoms. The summed E-state index contributed by atoms with van der Waals surface area (Å²) < 4.78 is 22.3. The van der Waals surface area contributed by atoms with Gasteiger partial charge in [-0.1, -0.05) is 19.8 Å². The molecule has 0 aliphatic rings. The van der Waals surface area contributed by atoms with Gasteiger partial charge in [0.2, 0.25) is 0 Å². The van der Waals surface area contributed by atoms with Crippen LogP contribution in [0.4, 0.5) is 0 Å². The number of nitrogens with one attached hydrogen (secondary N) is 2. The maximum absolute atomic E-state index is 12.1. The van der Waals surface area contributed by atoms with Crippen LogP contribution in [0.3, 0.4) is 0 Å². The molecule has 106 valence electrons. The van der Waals surface area contributed by atoms with Crippen molar-refractivity contribution in [3.05, 3.63) is 0 Å². The van der Waals surface area contributed by atoms with E-state index in [2.05, 4.69) is 17.5 Å². The van der Waals surface area contributed by atoms with Crippen LogP contribution in [-0.4, -0.2) is 32.8 Å². The van der Waals surface area contributed by atoms with Gasteiger partial charge in [0.15, 0.2) is 0 Å². The zero-order valence-corrected chi connectivity index (χ0v) is 14.4. The Balaban J connectivity index is -0.00000128. The fraction of sp³-hybridized carbons (Fsp3) is 1.00. The number of hydroxylamine groups is 1. The second kappa shape index (κ2) is 14.4. The summed E-state index contributed by atoms with van der Waals surface area (Å²) in [5.41, 5.74) is 13.1. The molecular formula is C9H26N4NaO3P. The van der Waals surface area contributed by atoms with Gasteiger partial charge in [0.1, 0.15) is 0 Å². The fourth-order valence-corrected chi connectivity index (χ4v) is 2.27. The minimum Gasteiger partial charge on any atom is -1.00 e. The number of unbranched alkanes of at least 4 members (excludes halogenated alkanes) is 2. The van der Waals surface area contributed by atoms with Crippen LogP contribution in [0.5, 0.6) is 0 Å². The number of nitrogens with two attached hydrogens (primary N) is 2. The quantitative estimate of drug-likeness (QED) is 0.136. The summed E-state index contributed by atoms with van der Waals surface area (Å²) in [5.74, 6) is 0. The van der Waals surface area contributed by atoms with Gasteiger partial charge in [-0.15, -0.1) is 0 Å². The van der Waals surface area contributed by atoms with E-state index >= 15 is 0 Å². The van der Waals surface area contributed by atoms with E-state index in [1.54, 1.807) is 0 Å². The average molecular weight is 292 g/mol. The van der Waals surface area contributed by atoms with Gasteiger partial charge in [0.05, 0.1) is 6.61 Å². The SMILES string of the molecule is CCCCCOP(=O)(NCCN)ONCCN.[H-].[Na+]. The molecule has 1 atom stereocenters. The third kappa shape index (κ3) is 12.0. The van der Waals surface area contributed by atoms with Crippen molar-refractivity contribution in [2.75, 3.05) is 32.8 Å². The van der Waals surface area contributed by atoms with Gasteiger partial charge in [-0.25, -0.2) is 14.3 Å². The average Bonchev–Trinajstić information content (AvgIpc) is 2.33. The van der Waals surface area contributed by atoms with Crippen LogP contribution in [-0.2, 0) is 13.7 Å². The van der Waals surface area contributed by atoms with Gasteiger partial charge in [-0.3, -0.25) is 4.52 Å². The molecule has 0 aromatic heterocycles. The van der Waals surface area contributed by atoms with Crippen molar-refractivity contribution in [2.45, 2.75) is 26.2 Å². The first kappa shape index (κ1) is 21.3. The minimum absolute atomic E-state index is 0. The standard InChI is InChI=1S/C9H25N4O3P.Na.H/c1-2-3-4-9-15-17(14,13-8-6-11)16-12-7-5-10;;/h12H,2-11H2,1H3,(H,13,14);;/q;+1;-1. The summed E-state index contributed by atoms with van der Waals surface area (Å²) in [4.78, 5) is 0. The van der Waals surface area contributed by atoms with Gasteiger partial charge in [-0.2, -0.15) is 5.48 Å². The van der Waals surface area contributed by atoms with Crippen LogP contribution in [0, 0.1) is 0 Å². The minimum atomic E-state index is -3.30. The molecular weight excluding hydrogens is 266 g/mol. The monoisotopic (exact) mass is 292 g/mol. The topological polar surface area (TPSA) is 112 Å². The molecule has 0 heterocycles. The van der Waals surface area contributed by atoms with Crippen LogP contribution in [0.2, 0.25) is 0 Å². The largest absolute Gasteiger partial charge is 1.00 e. The Morgan fingerprint density at radius 1 is 1.22 bits per heavy atom. The van der Waals surface area contributed by atoms with Crippen LogP contribution in [0.1, 0.15) is 27.6 Å². The molecule has 0 aromatic rings. The summed E-state index contributed by atoms with van der Waals surface area (Å²) in [6.07, 6.45) is 2.97. The molecule has 1 unspecified atom stereocenters. The van der Waals surface area contributed by atoms with Crippen molar-refractivity contribution < 1.29 is 44.7 Å². The Labute approximate surface area is 133 Å². The maximum atomic E-state index is 12.1. The van der Waals surface area contributed by atoms with Crippen molar-refractivity contribution in [1.82, 2.24) is 10.6 Å². The molecule has 0 rings (SSSR count). The summed E-state index contributed by atoms with van der Waals surface area (Å²) >= 11 is 0. The third-order valence-corrected chi connectivity index (χ3v) is 3.39. The maximum Gasteiger partial charge on any atom is 1.00 e. The zero-order chi connectivity index (χ0) is 13.0. The van der Waals surface area contributed by atoms with Gasteiger partial charge in [0.25, 0.3) is 0 Å². The molecule has 0 aliphatic carbocycles. The van der Waals surface area contributed by atoms with Crippen LogP contribution < -0.4 is 51.6 Å². The summed E-state index contributed by atoms with van der Waals surface area (Å²) in [7, 11) is -3.30. The molecule has 6 N–H and O–H groups in total. The molecule has 0 saturated carbocycles. The molecule has 9 heteroatoms. The Hall–Kier alpha value is 0.990. The van der Waals surface area contributed by atoms with Crippen molar-refractivity contribution in [1.29, 1.82) is 0 Å². The number of hydrogen-bond acceptors (Lipinski definition) is 6.